The summed E-state index contributed by atoms with van der Waals surface area (Å²) in [6.45, 7) is 21.6. The van der Waals surface area contributed by atoms with E-state index in [9.17, 15) is 0 Å². The average Bonchev–Trinajstić information content (AvgIpc) is 2.72. The van der Waals surface area contributed by atoms with Crippen LogP contribution in [0.15, 0.2) is 0 Å². The zero-order valence-corrected chi connectivity index (χ0v) is 20.6. The van der Waals surface area contributed by atoms with Gasteiger partial charge < -0.3 is 0 Å². The maximum absolute atomic E-state index is 2.85. The Bertz CT molecular complexity index is 237. The Labute approximate surface area is 179 Å². The fourth-order valence-corrected chi connectivity index (χ4v) is 3.89. The van der Waals surface area contributed by atoms with E-state index < -0.39 is 0 Å². The van der Waals surface area contributed by atoms with Crippen molar-refractivity contribution in [1.82, 2.24) is 14.7 Å². The van der Waals surface area contributed by atoms with Gasteiger partial charge in [-0.25, -0.2) is 0 Å². The van der Waals surface area contributed by atoms with Crippen LogP contribution in [0.1, 0.15) is 119 Å². The predicted molar refractivity (Wildman–Crippen MR) is 128 cm³/mol. The molecule has 0 atom stereocenters. The van der Waals surface area contributed by atoms with Crippen LogP contribution in [0.25, 0.3) is 0 Å². The van der Waals surface area contributed by atoms with Crippen molar-refractivity contribution in [1.29, 1.82) is 0 Å². The standard InChI is InChI=1S/C25H55N3/c1-7-13-19-26(20-14-8-2)25(27(21-15-9-3)22-16-10-4)28(23-17-11-5)24-18-12-6/h25H,7-24H2,1-6H3. The quantitative estimate of drug-likeness (QED) is 0.193. The summed E-state index contributed by atoms with van der Waals surface area (Å²) in [7, 11) is 0. The lowest BCUT2D eigenvalue weighted by Crippen LogP contribution is -2.59. The fourth-order valence-electron chi connectivity index (χ4n) is 3.89. The molecule has 0 fully saturated rings. The van der Waals surface area contributed by atoms with Crippen LogP contribution in [0.2, 0.25) is 0 Å². The number of hydrogen-bond acceptors (Lipinski definition) is 3. The largest absolute Gasteiger partial charge is 0.275 e. The lowest BCUT2D eigenvalue weighted by Gasteiger charge is -2.46. The van der Waals surface area contributed by atoms with E-state index in [4.69, 9.17) is 0 Å². The van der Waals surface area contributed by atoms with Gasteiger partial charge in [0.2, 0.25) is 0 Å². The van der Waals surface area contributed by atoms with E-state index in [0.717, 1.165) is 0 Å². The molecule has 0 aromatic rings. The van der Waals surface area contributed by atoms with Crippen LogP contribution < -0.4 is 0 Å². The molecule has 3 heteroatoms. The molecule has 0 amide bonds. The average molecular weight is 398 g/mol. The minimum Gasteiger partial charge on any atom is -0.275 e. The van der Waals surface area contributed by atoms with E-state index in [2.05, 4.69) is 56.2 Å². The second-order valence-electron chi connectivity index (χ2n) is 8.58. The van der Waals surface area contributed by atoms with Crippen molar-refractivity contribution >= 4 is 0 Å². The molecule has 3 nitrogen and oxygen atoms in total. The van der Waals surface area contributed by atoms with Crippen LogP contribution in [0.3, 0.4) is 0 Å². The summed E-state index contributed by atoms with van der Waals surface area (Å²) in [5.41, 5.74) is 0. The summed E-state index contributed by atoms with van der Waals surface area (Å²) in [6.07, 6.45) is 16.2. The van der Waals surface area contributed by atoms with E-state index in [-0.39, 0.29) is 0 Å². The second-order valence-corrected chi connectivity index (χ2v) is 8.58. The minimum absolute atomic E-state index is 0.509. The van der Waals surface area contributed by atoms with Gasteiger partial charge in [-0.05, 0) is 38.5 Å². The minimum atomic E-state index is 0.509. The molecule has 0 unspecified atom stereocenters. The van der Waals surface area contributed by atoms with Crippen molar-refractivity contribution in [2.75, 3.05) is 39.3 Å². The molecule has 0 N–H and O–H groups in total. The zero-order chi connectivity index (χ0) is 21.0. The summed E-state index contributed by atoms with van der Waals surface area (Å²) in [5.74, 6) is 0. The molecule has 0 heterocycles. The Morgan fingerprint density at radius 1 is 0.357 bits per heavy atom. The van der Waals surface area contributed by atoms with E-state index in [1.807, 2.05) is 0 Å². The van der Waals surface area contributed by atoms with E-state index in [1.165, 1.54) is 116 Å². The molecule has 0 spiro atoms. The molecule has 170 valence electrons. The first-order valence-electron chi connectivity index (χ1n) is 12.9. The van der Waals surface area contributed by atoms with Gasteiger partial charge >= 0.3 is 0 Å². The van der Waals surface area contributed by atoms with Crippen molar-refractivity contribution in [3.63, 3.8) is 0 Å². The molecule has 0 radical (unpaired) electrons. The number of nitrogens with zero attached hydrogens (tertiary/aromatic N) is 3. The van der Waals surface area contributed by atoms with Gasteiger partial charge in [-0.1, -0.05) is 80.1 Å². The van der Waals surface area contributed by atoms with E-state index in [0.29, 0.717) is 6.29 Å². The molecule has 0 aromatic carbocycles. The topological polar surface area (TPSA) is 9.72 Å². The van der Waals surface area contributed by atoms with Gasteiger partial charge in [-0.15, -0.1) is 0 Å². The first kappa shape index (κ1) is 27.9. The van der Waals surface area contributed by atoms with Crippen LogP contribution in [0, 0.1) is 0 Å². The molecule has 0 saturated heterocycles. The van der Waals surface area contributed by atoms with Crippen LogP contribution in [-0.2, 0) is 0 Å². The predicted octanol–water partition coefficient (Wildman–Crippen LogP) is 6.98. The maximum Gasteiger partial charge on any atom is 0.119 e. The van der Waals surface area contributed by atoms with Crippen LogP contribution >= 0.6 is 0 Å². The van der Waals surface area contributed by atoms with Crippen molar-refractivity contribution in [3.8, 4) is 0 Å². The highest BCUT2D eigenvalue weighted by Crippen LogP contribution is 2.18. The van der Waals surface area contributed by atoms with Gasteiger partial charge in [0.05, 0.1) is 0 Å². The van der Waals surface area contributed by atoms with E-state index >= 15 is 0 Å². The SMILES string of the molecule is CCCCN(CCCC)C(N(CCCC)CCCC)N(CCCC)CCCC. The van der Waals surface area contributed by atoms with Crippen molar-refractivity contribution in [3.05, 3.63) is 0 Å². The lowest BCUT2D eigenvalue weighted by molar-refractivity contribution is -0.0757. The molecule has 0 aliphatic rings. The Kier molecular flexibility index (Phi) is 20.1. The molecule has 0 saturated carbocycles. The summed E-state index contributed by atoms with van der Waals surface area (Å²) >= 11 is 0. The number of unbranched alkanes of at least 4 members (excludes halogenated alkanes) is 6. The van der Waals surface area contributed by atoms with Crippen LogP contribution in [0.5, 0.6) is 0 Å². The van der Waals surface area contributed by atoms with Gasteiger partial charge in [0.25, 0.3) is 0 Å². The fraction of sp³-hybridized carbons (Fsp3) is 1.00. The highest BCUT2D eigenvalue weighted by molar-refractivity contribution is 4.76. The maximum atomic E-state index is 2.85. The first-order valence-corrected chi connectivity index (χ1v) is 12.9. The molecular formula is C25H55N3. The number of hydrogen-bond donors (Lipinski definition) is 0. The molecule has 0 rings (SSSR count). The molecule has 0 bridgehead atoms. The van der Waals surface area contributed by atoms with Gasteiger partial charge in [0, 0.05) is 39.3 Å². The Morgan fingerprint density at radius 2 is 0.536 bits per heavy atom. The van der Waals surface area contributed by atoms with Crippen LogP contribution in [0.4, 0.5) is 0 Å². The van der Waals surface area contributed by atoms with Gasteiger partial charge in [0.15, 0.2) is 0 Å². The Morgan fingerprint density at radius 3 is 0.679 bits per heavy atom. The molecular weight excluding hydrogens is 342 g/mol. The van der Waals surface area contributed by atoms with Gasteiger partial charge in [0.1, 0.15) is 6.29 Å². The van der Waals surface area contributed by atoms with Crippen LogP contribution in [-0.4, -0.2) is 60.3 Å². The monoisotopic (exact) mass is 397 g/mol. The first-order chi connectivity index (χ1) is 13.7. The molecule has 0 aliphatic heterocycles. The highest BCUT2D eigenvalue weighted by Gasteiger charge is 2.29. The third kappa shape index (κ3) is 12.4. The second kappa shape index (κ2) is 20.2. The summed E-state index contributed by atoms with van der Waals surface area (Å²) in [4.78, 5) is 8.55. The third-order valence-corrected chi connectivity index (χ3v) is 5.77. The molecule has 28 heavy (non-hydrogen) atoms. The normalized spacial score (nSPS) is 12.2. The lowest BCUT2D eigenvalue weighted by atomic mass is 10.2. The molecule has 0 aromatic heterocycles. The zero-order valence-electron chi connectivity index (χ0n) is 20.6. The van der Waals surface area contributed by atoms with Crippen molar-refractivity contribution < 1.29 is 0 Å². The highest BCUT2D eigenvalue weighted by atomic mass is 15.5. The van der Waals surface area contributed by atoms with Crippen molar-refractivity contribution in [2.45, 2.75) is 125 Å². The smallest absolute Gasteiger partial charge is 0.119 e. The Hall–Kier alpha value is -0.120. The third-order valence-electron chi connectivity index (χ3n) is 5.77. The van der Waals surface area contributed by atoms with E-state index in [1.54, 1.807) is 0 Å². The molecule has 0 aliphatic carbocycles. The van der Waals surface area contributed by atoms with Crippen molar-refractivity contribution in [2.24, 2.45) is 0 Å². The summed E-state index contributed by atoms with van der Waals surface area (Å²) in [5, 5.41) is 0. The van der Waals surface area contributed by atoms with Gasteiger partial charge in [-0.3, -0.25) is 14.7 Å². The summed E-state index contributed by atoms with van der Waals surface area (Å²) < 4.78 is 0. The van der Waals surface area contributed by atoms with Gasteiger partial charge in [-0.2, -0.15) is 0 Å². The Balaban J connectivity index is 5.67. The summed E-state index contributed by atoms with van der Waals surface area (Å²) in [6, 6.07) is 0. The number of rotatable bonds is 21.